The highest BCUT2D eigenvalue weighted by molar-refractivity contribution is 7.99. The van der Waals surface area contributed by atoms with Gasteiger partial charge in [0.25, 0.3) is 0 Å². The van der Waals surface area contributed by atoms with Gasteiger partial charge in [0.15, 0.2) is 6.23 Å². The third-order valence-corrected chi connectivity index (χ3v) is 6.77. The number of hydrogen-bond donors (Lipinski definition) is 4. The summed E-state index contributed by atoms with van der Waals surface area (Å²) in [4.78, 5) is 1.48. The van der Waals surface area contributed by atoms with Crippen LogP contribution in [0.5, 0.6) is 0 Å². The van der Waals surface area contributed by atoms with Gasteiger partial charge in [-0.25, -0.2) is 4.39 Å². The van der Waals surface area contributed by atoms with Crippen LogP contribution in [0.4, 0.5) is 4.39 Å². The molecule has 4 N–H and O–H groups in total. The lowest BCUT2D eigenvalue weighted by Crippen LogP contribution is -2.56. The SMILES string of the molecule is CCc1ccc(Sc2cn([C@@H]3O[C@H](CO)[C@@H](O)[C@H](O)[C@H]3O)c3cc(Cl)cc(F)c23)cc1. The smallest absolute Gasteiger partial charge is 0.163 e. The quantitative estimate of drug-likeness (QED) is 0.460. The van der Waals surface area contributed by atoms with Gasteiger partial charge in [0.05, 0.1) is 12.1 Å². The lowest BCUT2D eigenvalue weighted by atomic mass is 9.98. The number of aryl methyl sites for hydroxylation is 1. The Morgan fingerprint density at radius 1 is 1.10 bits per heavy atom. The second-order valence-corrected chi connectivity index (χ2v) is 9.05. The van der Waals surface area contributed by atoms with Crippen LogP contribution in [0.25, 0.3) is 10.9 Å². The summed E-state index contributed by atoms with van der Waals surface area (Å²) in [6.45, 7) is 1.51. The fraction of sp³-hybridized carbons (Fsp3) is 0.364. The van der Waals surface area contributed by atoms with E-state index in [1.807, 2.05) is 24.3 Å². The molecule has 0 unspecified atom stereocenters. The average Bonchev–Trinajstić information content (AvgIpc) is 3.11. The maximum absolute atomic E-state index is 14.9. The van der Waals surface area contributed by atoms with Gasteiger partial charge in [-0.15, -0.1) is 0 Å². The van der Waals surface area contributed by atoms with Crippen LogP contribution in [0.2, 0.25) is 5.02 Å². The zero-order valence-corrected chi connectivity index (χ0v) is 18.2. The molecule has 1 aliphatic rings. The summed E-state index contributed by atoms with van der Waals surface area (Å²) in [5.74, 6) is -0.529. The van der Waals surface area contributed by atoms with Crippen molar-refractivity contribution in [2.45, 2.75) is 53.8 Å². The minimum atomic E-state index is -1.55. The van der Waals surface area contributed by atoms with E-state index in [2.05, 4.69) is 6.92 Å². The second-order valence-electron chi connectivity index (χ2n) is 7.50. The molecule has 166 valence electrons. The van der Waals surface area contributed by atoms with Crippen LogP contribution in [0.1, 0.15) is 18.7 Å². The van der Waals surface area contributed by atoms with Crippen molar-refractivity contribution in [1.29, 1.82) is 0 Å². The fourth-order valence-electron chi connectivity index (χ4n) is 3.79. The molecule has 0 spiro atoms. The van der Waals surface area contributed by atoms with Crippen molar-refractivity contribution in [3.8, 4) is 0 Å². The number of fused-ring (bicyclic) bond motifs is 1. The molecule has 0 bridgehead atoms. The normalized spacial score (nSPS) is 26.5. The summed E-state index contributed by atoms with van der Waals surface area (Å²) < 4.78 is 22.1. The van der Waals surface area contributed by atoms with Gasteiger partial charge in [-0.3, -0.25) is 0 Å². The number of ether oxygens (including phenoxy) is 1. The summed E-state index contributed by atoms with van der Waals surface area (Å²) in [7, 11) is 0. The molecule has 0 aliphatic carbocycles. The monoisotopic (exact) mass is 467 g/mol. The number of hydrogen-bond acceptors (Lipinski definition) is 6. The number of aliphatic hydroxyl groups excluding tert-OH is 4. The number of nitrogens with zero attached hydrogens (tertiary/aromatic N) is 1. The Kier molecular flexibility index (Phi) is 6.60. The van der Waals surface area contributed by atoms with Crippen molar-refractivity contribution in [2.75, 3.05) is 6.61 Å². The fourth-order valence-corrected chi connectivity index (χ4v) is 4.98. The number of aliphatic hydroxyl groups is 4. The summed E-state index contributed by atoms with van der Waals surface area (Å²) in [5.41, 5.74) is 1.55. The van der Waals surface area contributed by atoms with Gasteiger partial charge < -0.3 is 29.7 Å². The Morgan fingerprint density at radius 2 is 1.81 bits per heavy atom. The number of aromatic nitrogens is 1. The highest BCUT2D eigenvalue weighted by Crippen LogP contribution is 2.41. The van der Waals surface area contributed by atoms with Crippen molar-refractivity contribution in [3.05, 3.63) is 59.0 Å². The largest absolute Gasteiger partial charge is 0.394 e. The number of benzene rings is 2. The van der Waals surface area contributed by atoms with Gasteiger partial charge in [0.1, 0.15) is 30.2 Å². The molecule has 2 heterocycles. The van der Waals surface area contributed by atoms with Crippen LogP contribution in [0.3, 0.4) is 0 Å². The molecule has 1 saturated heterocycles. The van der Waals surface area contributed by atoms with Gasteiger partial charge in [0.2, 0.25) is 0 Å². The van der Waals surface area contributed by atoms with Crippen molar-refractivity contribution in [3.63, 3.8) is 0 Å². The predicted octanol–water partition coefficient (Wildman–Crippen LogP) is 3.12. The summed E-state index contributed by atoms with van der Waals surface area (Å²) in [6, 6.07) is 10.7. The standard InChI is InChI=1S/C22H23ClFNO5S/c1-2-11-3-5-13(6-4-11)31-17-9-25(15-8-12(23)7-14(24)18(15)17)22-21(29)20(28)19(27)16(10-26)30-22/h3-9,16,19-22,26-29H,2,10H2,1H3/t16-,19-,20+,21-,22-/m1/s1. The summed E-state index contributed by atoms with van der Waals surface area (Å²) in [6.07, 6.45) is -4.24. The Bertz CT molecular complexity index is 1070. The third-order valence-electron chi connectivity index (χ3n) is 5.52. The molecule has 4 rings (SSSR count). The lowest BCUT2D eigenvalue weighted by Gasteiger charge is -2.40. The van der Waals surface area contributed by atoms with Crippen LogP contribution in [0, 0.1) is 5.82 Å². The molecule has 3 aromatic rings. The Labute approximate surface area is 187 Å². The van der Waals surface area contributed by atoms with E-state index in [-0.39, 0.29) is 5.02 Å². The van der Waals surface area contributed by atoms with E-state index in [4.69, 9.17) is 16.3 Å². The maximum atomic E-state index is 14.9. The van der Waals surface area contributed by atoms with E-state index < -0.39 is 43.1 Å². The van der Waals surface area contributed by atoms with Crippen molar-refractivity contribution in [1.82, 2.24) is 4.57 Å². The van der Waals surface area contributed by atoms with E-state index >= 15 is 0 Å². The Balaban J connectivity index is 1.80. The van der Waals surface area contributed by atoms with E-state index in [1.165, 1.54) is 28.0 Å². The minimum absolute atomic E-state index is 0.165. The molecule has 9 heteroatoms. The van der Waals surface area contributed by atoms with Crippen LogP contribution < -0.4 is 0 Å². The molecule has 1 fully saturated rings. The van der Waals surface area contributed by atoms with Gasteiger partial charge in [0, 0.05) is 26.4 Å². The highest BCUT2D eigenvalue weighted by Gasteiger charge is 2.44. The summed E-state index contributed by atoms with van der Waals surface area (Å²) in [5, 5.41) is 40.8. The van der Waals surface area contributed by atoms with E-state index in [0.717, 1.165) is 11.3 Å². The van der Waals surface area contributed by atoms with E-state index in [9.17, 15) is 24.8 Å². The van der Waals surface area contributed by atoms with Crippen LogP contribution in [0.15, 0.2) is 52.4 Å². The Morgan fingerprint density at radius 3 is 2.45 bits per heavy atom. The molecular formula is C22H23ClFNO5S. The highest BCUT2D eigenvalue weighted by atomic mass is 35.5. The first-order chi connectivity index (χ1) is 14.8. The molecule has 1 aliphatic heterocycles. The van der Waals surface area contributed by atoms with Crippen molar-refractivity contribution >= 4 is 34.3 Å². The minimum Gasteiger partial charge on any atom is -0.394 e. The first-order valence-corrected chi connectivity index (χ1v) is 11.1. The zero-order valence-electron chi connectivity index (χ0n) is 16.7. The van der Waals surface area contributed by atoms with E-state index in [1.54, 1.807) is 12.3 Å². The first-order valence-electron chi connectivity index (χ1n) is 9.91. The molecule has 0 radical (unpaired) electrons. The molecule has 5 atom stereocenters. The summed E-state index contributed by atoms with van der Waals surface area (Å²) >= 11 is 7.44. The second kappa shape index (κ2) is 9.07. The van der Waals surface area contributed by atoms with Crippen LogP contribution in [-0.4, -0.2) is 56.0 Å². The number of rotatable bonds is 5. The maximum Gasteiger partial charge on any atom is 0.163 e. The van der Waals surface area contributed by atoms with Crippen LogP contribution in [-0.2, 0) is 11.2 Å². The lowest BCUT2D eigenvalue weighted by molar-refractivity contribution is -0.250. The van der Waals surface area contributed by atoms with Crippen molar-refractivity contribution in [2.24, 2.45) is 0 Å². The average molecular weight is 468 g/mol. The molecule has 2 aromatic carbocycles. The predicted molar refractivity (Wildman–Crippen MR) is 116 cm³/mol. The molecule has 1 aromatic heterocycles. The first kappa shape index (κ1) is 22.5. The third kappa shape index (κ3) is 4.21. The van der Waals surface area contributed by atoms with Crippen LogP contribution >= 0.6 is 23.4 Å². The van der Waals surface area contributed by atoms with E-state index in [0.29, 0.717) is 15.8 Å². The van der Waals surface area contributed by atoms with Gasteiger partial charge in [-0.2, -0.15) is 0 Å². The molecule has 6 nitrogen and oxygen atoms in total. The molecule has 31 heavy (non-hydrogen) atoms. The van der Waals surface area contributed by atoms with Gasteiger partial charge in [-0.05, 0) is 36.2 Å². The van der Waals surface area contributed by atoms with Gasteiger partial charge in [-0.1, -0.05) is 42.4 Å². The molecule has 0 amide bonds. The molecule has 0 saturated carbocycles. The van der Waals surface area contributed by atoms with Crippen molar-refractivity contribution < 1.29 is 29.6 Å². The number of halogens is 2. The topological polar surface area (TPSA) is 95.1 Å². The Hall–Kier alpha value is -1.65. The zero-order chi connectivity index (χ0) is 22.3. The van der Waals surface area contributed by atoms with Gasteiger partial charge >= 0.3 is 0 Å². The molecular weight excluding hydrogens is 445 g/mol.